The van der Waals surface area contributed by atoms with Crippen LogP contribution >= 0.6 is 0 Å². The molecule has 4 aromatic rings. The smallest absolute Gasteiger partial charge is 0.205 e. The molecule has 1 aliphatic rings. The molecule has 162 valence electrons. The average molecular weight is 432 g/mol. The van der Waals surface area contributed by atoms with Crippen molar-refractivity contribution in [1.29, 1.82) is 0 Å². The maximum Gasteiger partial charge on any atom is 0.205 e. The van der Waals surface area contributed by atoms with Crippen LogP contribution in [0.15, 0.2) is 75.9 Å². The van der Waals surface area contributed by atoms with E-state index < -0.39 is 12.2 Å². The van der Waals surface area contributed by atoms with Crippen molar-refractivity contribution in [2.45, 2.75) is 12.2 Å². The molecule has 0 aliphatic carbocycles. The lowest BCUT2D eigenvalue weighted by Crippen LogP contribution is -2.36. The number of hydrogen-bond acceptors (Lipinski definition) is 7. The number of rotatable bonds is 4. The molecule has 1 aromatic heterocycles. The molecule has 0 spiro atoms. The van der Waals surface area contributed by atoms with Crippen LogP contribution in [0.2, 0.25) is 0 Å². The minimum absolute atomic E-state index is 0.0159. The number of aromatic hydroxyl groups is 1. The van der Waals surface area contributed by atoms with Crippen molar-refractivity contribution in [3.05, 3.63) is 82.5 Å². The molecular weight excluding hydrogens is 412 g/mol. The molecule has 2 N–H and O–H groups in total. The number of aliphatic hydroxyl groups is 1. The van der Waals surface area contributed by atoms with E-state index in [-0.39, 0.29) is 34.9 Å². The van der Waals surface area contributed by atoms with Crippen LogP contribution in [0.5, 0.6) is 23.0 Å². The molecule has 7 nitrogen and oxygen atoms in total. The first-order valence-corrected chi connectivity index (χ1v) is 10.1. The Hall–Kier alpha value is -3.97. The zero-order valence-corrected chi connectivity index (χ0v) is 17.1. The zero-order valence-electron chi connectivity index (χ0n) is 17.1. The van der Waals surface area contributed by atoms with Crippen molar-refractivity contribution < 1.29 is 28.8 Å². The van der Waals surface area contributed by atoms with E-state index in [1.54, 1.807) is 24.3 Å². The highest BCUT2D eigenvalue weighted by Crippen LogP contribution is 2.45. The number of phenols is 1. The van der Waals surface area contributed by atoms with Crippen molar-refractivity contribution in [1.82, 2.24) is 0 Å². The summed E-state index contributed by atoms with van der Waals surface area (Å²) in [6, 6.07) is 18.8. The highest BCUT2D eigenvalue weighted by Gasteiger charge is 2.35. The Labute approximate surface area is 183 Å². The maximum atomic E-state index is 12.8. The minimum atomic E-state index is -0.724. The summed E-state index contributed by atoms with van der Waals surface area (Å²) in [5, 5.41) is 20.2. The van der Waals surface area contributed by atoms with Gasteiger partial charge >= 0.3 is 0 Å². The van der Waals surface area contributed by atoms with E-state index in [0.29, 0.717) is 22.5 Å². The van der Waals surface area contributed by atoms with Gasteiger partial charge in [-0.25, -0.2) is 0 Å². The normalized spacial score (nSPS) is 17.3. The van der Waals surface area contributed by atoms with Crippen LogP contribution in [0.1, 0.15) is 11.7 Å². The van der Waals surface area contributed by atoms with Crippen LogP contribution in [0.3, 0.4) is 0 Å². The molecule has 0 saturated heterocycles. The molecule has 0 fully saturated rings. The third-order valence-electron chi connectivity index (χ3n) is 5.45. The molecule has 7 heteroatoms. The fourth-order valence-electron chi connectivity index (χ4n) is 3.84. The van der Waals surface area contributed by atoms with Crippen molar-refractivity contribution in [2.24, 2.45) is 0 Å². The van der Waals surface area contributed by atoms with Crippen LogP contribution in [0, 0.1) is 0 Å². The molecular formula is C25H20O7. The summed E-state index contributed by atoms with van der Waals surface area (Å²) in [7, 11) is 1.45. The van der Waals surface area contributed by atoms with Crippen molar-refractivity contribution in [2.75, 3.05) is 13.7 Å². The molecule has 1 aliphatic heterocycles. The number of phenolic OH excluding ortho intramolecular Hbond substituents is 1. The fraction of sp³-hybridized carbons (Fsp3) is 0.160. The average Bonchev–Trinajstić information content (AvgIpc) is 2.83. The third-order valence-corrected chi connectivity index (χ3v) is 5.45. The van der Waals surface area contributed by atoms with E-state index in [9.17, 15) is 15.0 Å². The summed E-state index contributed by atoms with van der Waals surface area (Å²) in [5.74, 6) is 1.31. The summed E-state index contributed by atoms with van der Waals surface area (Å²) in [5.41, 5.74) is 1.45. The predicted octanol–water partition coefficient (Wildman–Crippen LogP) is 4.05. The lowest BCUT2D eigenvalue weighted by molar-refractivity contribution is -0.0118. The summed E-state index contributed by atoms with van der Waals surface area (Å²) in [4.78, 5) is 12.8. The van der Waals surface area contributed by atoms with E-state index in [0.717, 1.165) is 5.56 Å². The molecule has 32 heavy (non-hydrogen) atoms. The monoisotopic (exact) mass is 432 g/mol. The van der Waals surface area contributed by atoms with Gasteiger partial charge in [-0.2, -0.15) is 0 Å². The number of hydrogen-bond donors (Lipinski definition) is 2. The molecule has 2 atom stereocenters. The maximum absolute atomic E-state index is 12.8. The fourth-order valence-corrected chi connectivity index (χ4v) is 3.84. The van der Waals surface area contributed by atoms with E-state index in [4.69, 9.17) is 18.6 Å². The molecule has 0 saturated carbocycles. The van der Waals surface area contributed by atoms with E-state index in [1.165, 1.54) is 19.2 Å². The Morgan fingerprint density at radius 1 is 1.00 bits per heavy atom. The van der Waals surface area contributed by atoms with Gasteiger partial charge in [0, 0.05) is 17.2 Å². The van der Waals surface area contributed by atoms with Gasteiger partial charge in [0.15, 0.2) is 40.5 Å². The second kappa shape index (κ2) is 7.94. The van der Waals surface area contributed by atoms with Crippen LogP contribution in [0.25, 0.3) is 22.3 Å². The van der Waals surface area contributed by atoms with Crippen LogP contribution < -0.4 is 19.6 Å². The van der Waals surface area contributed by atoms with E-state index in [1.807, 2.05) is 30.3 Å². The quantitative estimate of drug-likeness (QED) is 0.502. The number of ether oxygens (including phenoxy) is 3. The lowest BCUT2D eigenvalue weighted by atomic mass is 10.0. The molecule has 0 amide bonds. The van der Waals surface area contributed by atoms with Gasteiger partial charge < -0.3 is 28.8 Å². The summed E-state index contributed by atoms with van der Waals surface area (Å²) in [6.45, 7) is -0.306. The highest BCUT2D eigenvalue weighted by molar-refractivity contribution is 5.87. The molecule has 5 rings (SSSR count). The summed E-state index contributed by atoms with van der Waals surface area (Å²) in [6.07, 6.45) is -1.43. The summed E-state index contributed by atoms with van der Waals surface area (Å²) >= 11 is 0. The Morgan fingerprint density at radius 3 is 2.56 bits per heavy atom. The topological polar surface area (TPSA) is 98.4 Å². The summed E-state index contributed by atoms with van der Waals surface area (Å²) < 4.78 is 23.6. The highest BCUT2D eigenvalue weighted by atomic mass is 16.6. The number of aliphatic hydroxyl groups excluding tert-OH is 1. The van der Waals surface area contributed by atoms with Gasteiger partial charge in [0.1, 0.15) is 5.76 Å². The van der Waals surface area contributed by atoms with E-state index in [2.05, 4.69) is 0 Å². The third kappa shape index (κ3) is 3.33. The molecule has 3 aromatic carbocycles. The van der Waals surface area contributed by atoms with Gasteiger partial charge in [-0.3, -0.25) is 4.79 Å². The first-order chi connectivity index (χ1) is 15.6. The van der Waals surface area contributed by atoms with Crippen molar-refractivity contribution in [3.63, 3.8) is 0 Å². The van der Waals surface area contributed by atoms with E-state index >= 15 is 0 Å². The van der Waals surface area contributed by atoms with Gasteiger partial charge in [0.05, 0.1) is 19.1 Å². The standard InChI is InChI=1S/C25H20O7/c1-29-21-11-15(7-9-17(21)27)23-22(13-26)30-19-10-8-16-18(28)12-20(14-5-3-2-4-6-14)31-24(16)25(19)32-23/h2-12,22-23,26-27H,13H2,1H3. The largest absolute Gasteiger partial charge is 0.504 e. The minimum Gasteiger partial charge on any atom is -0.504 e. The molecule has 2 unspecified atom stereocenters. The van der Waals surface area contributed by atoms with Gasteiger partial charge in [-0.1, -0.05) is 36.4 Å². The number of fused-ring (bicyclic) bond motifs is 3. The second-order valence-corrected chi connectivity index (χ2v) is 7.42. The predicted molar refractivity (Wildman–Crippen MR) is 117 cm³/mol. The Kier molecular flexibility index (Phi) is 4.95. The first kappa shape index (κ1) is 20.0. The van der Waals surface area contributed by atoms with Gasteiger partial charge in [0.25, 0.3) is 0 Å². The zero-order chi connectivity index (χ0) is 22.2. The van der Waals surface area contributed by atoms with Gasteiger partial charge in [-0.05, 0) is 24.3 Å². The Balaban J connectivity index is 1.66. The Morgan fingerprint density at radius 2 is 1.81 bits per heavy atom. The SMILES string of the molecule is COc1cc(C2Oc3c(ccc4c(=O)cc(-c5ccccc5)oc34)OC2CO)ccc1O. The van der Waals surface area contributed by atoms with Crippen LogP contribution in [0.4, 0.5) is 0 Å². The number of benzene rings is 3. The van der Waals surface area contributed by atoms with Crippen molar-refractivity contribution in [3.8, 4) is 34.3 Å². The van der Waals surface area contributed by atoms with Gasteiger partial charge in [0.2, 0.25) is 5.75 Å². The van der Waals surface area contributed by atoms with Gasteiger partial charge in [-0.15, -0.1) is 0 Å². The second-order valence-electron chi connectivity index (χ2n) is 7.42. The van der Waals surface area contributed by atoms with Crippen LogP contribution in [-0.2, 0) is 0 Å². The molecule has 0 bridgehead atoms. The van der Waals surface area contributed by atoms with Crippen LogP contribution in [-0.4, -0.2) is 30.0 Å². The lowest BCUT2D eigenvalue weighted by Gasteiger charge is -2.33. The number of methoxy groups -OCH3 is 1. The molecule has 0 radical (unpaired) electrons. The first-order valence-electron chi connectivity index (χ1n) is 10.1. The Bertz CT molecular complexity index is 1340. The van der Waals surface area contributed by atoms with Crippen molar-refractivity contribution >= 4 is 11.0 Å². The molecule has 2 heterocycles.